The molecule has 10 heavy (non-hydrogen) atoms. The fourth-order valence-corrected chi connectivity index (χ4v) is 2.50. The summed E-state index contributed by atoms with van der Waals surface area (Å²) in [6.45, 7) is 0.911. The average molecular weight is 253 g/mol. The van der Waals surface area contributed by atoms with Gasteiger partial charge in [-0.1, -0.05) is 22.6 Å². The van der Waals surface area contributed by atoms with Gasteiger partial charge in [0.15, 0.2) is 0 Å². The number of hydrogen-bond donors (Lipinski definition) is 1. The van der Waals surface area contributed by atoms with E-state index in [1.54, 1.807) is 0 Å². The van der Waals surface area contributed by atoms with E-state index >= 15 is 0 Å². The van der Waals surface area contributed by atoms with E-state index < -0.39 is 0 Å². The van der Waals surface area contributed by atoms with Gasteiger partial charge in [0.05, 0.1) is 0 Å². The van der Waals surface area contributed by atoms with Gasteiger partial charge in [0, 0.05) is 4.43 Å². The fraction of sp³-hybridized carbons (Fsp3) is 1.00. The summed E-state index contributed by atoms with van der Waals surface area (Å²) in [5.41, 5.74) is 5.59. The van der Waals surface area contributed by atoms with Crippen LogP contribution in [0.25, 0.3) is 0 Å². The lowest BCUT2D eigenvalue weighted by Crippen LogP contribution is -2.21. The largest absolute Gasteiger partial charge is 0.330 e. The smallest absolute Gasteiger partial charge is 0.00237 e. The first kappa shape index (κ1) is 8.78. The van der Waals surface area contributed by atoms with E-state index in [9.17, 15) is 0 Å². The first-order valence-corrected chi connectivity index (χ1v) is 5.65. The molecule has 0 unspecified atom stereocenters. The number of nitrogens with two attached hydrogens (primary N) is 1. The first-order chi connectivity index (χ1) is 4.86. The highest BCUT2D eigenvalue weighted by molar-refractivity contribution is 14.1. The van der Waals surface area contributed by atoms with Crippen molar-refractivity contribution in [1.29, 1.82) is 0 Å². The second-order valence-corrected chi connectivity index (χ2v) is 4.16. The van der Waals surface area contributed by atoms with E-state index in [-0.39, 0.29) is 0 Å². The lowest BCUT2D eigenvalue weighted by Gasteiger charge is -2.25. The minimum atomic E-state index is 0.846. The Balaban J connectivity index is 2.17. The molecule has 0 spiro atoms. The molecule has 0 radical (unpaired) electrons. The monoisotopic (exact) mass is 253 g/mol. The Morgan fingerprint density at radius 1 is 1.10 bits per heavy atom. The van der Waals surface area contributed by atoms with Crippen LogP contribution in [0.15, 0.2) is 0 Å². The fourth-order valence-electron chi connectivity index (χ4n) is 1.62. The topological polar surface area (TPSA) is 26.0 Å². The Kier molecular flexibility index (Phi) is 3.99. The van der Waals surface area contributed by atoms with Crippen molar-refractivity contribution >= 4 is 22.6 Å². The molecule has 0 heterocycles. The molecule has 0 amide bonds. The van der Waals surface area contributed by atoms with E-state index in [0.29, 0.717) is 0 Å². The van der Waals surface area contributed by atoms with Gasteiger partial charge in [-0.3, -0.25) is 0 Å². The molecule has 1 rings (SSSR count). The van der Waals surface area contributed by atoms with Gasteiger partial charge in [0.2, 0.25) is 0 Å². The summed E-state index contributed by atoms with van der Waals surface area (Å²) >= 11 is 2.49. The van der Waals surface area contributed by atoms with Gasteiger partial charge in [-0.05, 0) is 44.1 Å². The van der Waals surface area contributed by atoms with Crippen LogP contribution in [-0.2, 0) is 0 Å². The van der Waals surface area contributed by atoms with Crippen molar-refractivity contribution < 1.29 is 0 Å². The molecule has 1 aliphatic rings. The standard InChI is InChI=1S/C8H16IN/c9-5-7-1-3-8(6-10)4-2-7/h7-8H,1-6,10H2. The zero-order chi connectivity index (χ0) is 7.40. The van der Waals surface area contributed by atoms with E-state index in [2.05, 4.69) is 22.6 Å². The first-order valence-electron chi connectivity index (χ1n) is 4.12. The van der Waals surface area contributed by atoms with Gasteiger partial charge in [0.25, 0.3) is 0 Å². The molecule has 0 aromatic carbocycles. The number of rotatable bonds is 2. The summed E-state index contributed by atoms with van der Waals surface area (Å²) in [7, 11) is 0. The Hall–Kier alpha value is 0.690. The predicted molar refractivity (Wildman–Crippen MR) is 53.4 cm³/mol. The summed E-state index contributed by atoms with van der Waals surface area (Å²) in [5, 5.41) is 0. The predicted octanol–water partition coefficient (Wildman–Crippen LogP) is 2.19. The third-order valence-corrected chi connectivity index (χ3v) is 3.76. The molecule has 1 saturated carbocycles. The van der Waals surface area contributed by atoms with Crippen LogP contribution in [0.1, 0.15) is 25.7 Å². The molecule has 0 aromatic rings. The summed E-state index contributed by atoms with van der Waals surface area (Å²) < 4.78 is 1.34. The number of hydrogen-bond acceptors (Lipinski definition) is 1. The van der Waals surface area contributed by atoms with Crippen molar-refractivity contribution in [2.45, 2.75) is 25.7 Å². The highest BCUT2D eigenvalue weighted by atomic mass is 127. The van der Waals surface area contributed by atoms with Crippen molar-refractivity contribution in [2.75, 3.05) is 11.0 Å². The Morgan fingerprint density at radius 2 is 1.60 bits per heavy atom. The molecule has 1 nitrogen and oxygen atoms in total. The molecule has 2 N–H and O–H groups in total. The van der Waals surface area contributed by atoms with Crippen LogP contribution < -0.4 is 5.73 Å². The van der Waals surface area contributed by atoms with Gasteiger partial charge in [0.1, 0.15) is 0 Å². The lowest BCUT2D eigenvalue weighted by atomic mass is 9.83. The second-order valence-electron chi connectivity index (χ2n) is 3.28. The Labute approximate surface area is 76.9 Å². The number of halogens is 1. The molecule has 60 valence electrons. The van der Waals surface area contributed by atoms with Gasteiger partial charge < -0.3 is 5.73 Å². The minimum Gasteiger partial charge on any atom is -0.330 e. The Morgan fingerprint density at radius 3 is 2.00 bits per heavy atom. The molecule has 0 aliphatic heterocycles. The van der Waals surface area contributed by atoms with Gasteiger partial charge in [-0.15, -0.1) is 0 Å². The summed E-state index contributed by atoms with van der Waals surface area (Å²) in [6, 6.07) is 0. The highest BCUT2D eigenvalue weighted by Gasteiger charge is 2.18. The molecular weight excluding hydrogens is 237 g/mol. The summed E-state index contributed by atoms with van der Waals surface area (Å²) in [5.74, 6) is 1.85. The van der Waals surface area contributed by atoms with Crippen LogP contribution in [0, 0.1) is 11.8 Å². The second kappa shape index (κ2) is 4.54. The van der Waals surface area contributed by atoms with Gasteiger partial charge in [-0.25, -0.2) is 0 Å². The molecule has 1 fully saturated rings. The van der Waals surface area contributed by atoms with Crippen LogP contribution in [-0.4, -0.2) is 11.0 Å². The molecule has 0 bridgehead atoms. The van der Waals surface area contributed by atoms with Crippen molar-refractivity contribution in [2.24, 2.45) is 17.6 Å². The van der Waals surface area contributed by atoms with Crippen molar-refractivity contribution in [3.05, 3.63) is 0 Å². The summed E-state index contributed by atoms with van der Waals surface area (Å²) in [6.07, 6.45) is 5.60. The van der Waals surface area contributed by atoms with E-state index in [1.165, 1.54) is 30.1 Å². The van der Waals surface area contributed by atoms with E-state index in [0.717, 1.165) is 18.4 Å². The third-order valence-electron chi connectivity index (χ3n) is 2.52. The molecule has 0 atom stereocenters. The van der Waals surface area contributed by atoms with Crippen molar-refractivity contribution in [3.63, 3.8) is 0 Å². The maximum atomic E-state index is 5.59. The average Bonchev–Trinajstić information content (AvgIpc) is 2.05. The quantitative estimate of drug-likeness (QED) is 0.592. The minimum absolute atomic E-state index is 0.846. The normalized spacial score (nSPS) is 34.2. The molecule has 0 aromatic heterocycles. The molecule has 1 aliphatic carbocycles. The molecular formula is C8H16IN. The number of alkyl halides is 1. The zero-order valence-corrected chi connectivity index (χ0v) is 8.51. The molecule has 2 heteroatoms. The maximum absolute atomic E-state index is 5.59. The van der Waals surface area contributed by atoms with Gasteiger partial charge in [-0.2, -0.15) is 0 Å². The zero-order valence-electron chi connectivity index (χ0n) is 6.35. The SMILES string of the molecule is NCC1CCC(CI)CC1. The van der Waals surface area contributed by atoms with Crippen LogP contribution >= 0.6 is 22.6 Å². The third kappa shape index (κ3) is 2.38. The van der Waals surface area contributed by atoms with Crippen molar-refractivity contribution in [1.82, 2.24) is 0 Å². The van der Waals surface area contributed by atoms with Crippen LogP contribution in [0.3, 0.4) is 0 Å². The van der Waals surface area contributed by atoms with Crippen LogP contribution in [0.2, 0.25) is 0 Å². The van der Waals surface area contributed by atoms with Crippen molar-refractivity contribution in [3.8, 4) is 0 Å². The molecule has 0 saturated heterocycles. The maximum Gasteiger partial charge on any atom is 0.00237 e. The lowest BCUT2D eigenvalue weighted by molar-refractivity contribution is 0.302. The van der Waals surface area contributed by atoms with E-state index in [1.807, 2.05) is 0 Å². The summed E-state index contributed by atoms with van der Waals surface area (Å²) in [4.78, 5) is 0. The van der Waals surface area contributed by atoms with Crippen LogP contribution in [0.5, 0.6) is 0 Å². The van der Waals surface area contributed by atoms with Crippen LogP contribution in [0.4, 0.5) is 0 Å². The Bertz CT molecular complexity index is 75.3. The highest BCUT2D eigenvalue weighted by Crippen LogP contribution is 2.28. The van der Waals surface area contributed by atoms with Gasteiger partial charge >= 0.3 is 0 Å². The van der Waals surface area contributed by atoms with E-state index in [4.69, 9.17) is 5.73 Å².